The molecule has 134 valence electrons. The lowest BCUT2D eigenvalue weighted by Gasteiger charge is -2.04. The predicted molar refractivity (Wildman–Crippen MR) is 108 cm³/mol. The highest BCUT2D eigenvalue weighted by Gasteiger charge is 2.12. The maximum Gasteiger partial charge on any atom is 0.266 e. The molecule has 0 fully saturated rings. The zero-order valence-electron chi connectivity index (χ0n) is 14.3. The number of hydrogen-bond donors (Lipinski definition) is 1. The molecule has 27 heavy (non-hydrogen) atoms. The first kappa shape index (κ1) is 18.8. The molecular weight excluding hydrogens is 383 g/mol. The molecule has 0 atom stereocenters. The molecule has 2 aromatic carbocycles. The van der Waals surface area contributed by atoms with Crippen molar-refractivity contribution in [3.05, 3.63) is 81.5 Å². The van der Waals surface area contributed by atoms with Crippen LogP contribution in [0.15, 0.2) is 64.6 Å². The monoisotopic (exact) mass is 396 g/mol. The van der Waals surface area contributed by atoms with Gasteiger partial charge in [-0.2, -0.15) is 5.26 Å². The van der Waals surface area contributed by atoms with Crippen molar-refractivity contribution < 1.29 is 9.21 Å². The summed E-state index contributed by atoms with van der Waals surface area (Å²) in [7, 11) is 0. The van der Waals surface area contributed by atoms with Crippen molar-refractivity contribution in [1.82, 2.24) is 0 Å². The van der Waals surface area contributed by atoms with Gasteiger partial charge in [0, 0.05) is 17.3 Å². The van der Waals surface area contributed by atoms with Gasteiger partial charge in [0.1, 0.15) is 23.2 Å². The van der Waals surface area contributed by atoms with Crippen molar-refractivity contribution in [2.45, 2.75) is 6.92 Å². The Labute approximate surface area is 166 Å². The van der Waals surface area contributed by atoms with Crippen molar-refractivity contribution >= 4 is 40.9 Å². The van der Waals surface area contributed by atoms with Crippen LogP contribution in [0, 0.1) is 18.3 Å². The highest BCUT2D eigenvalue weighted by Crippen LogP contribution is 2.30. The highest BCUT2D eigenvalue weighted by atomic mass is 35.5. The van der Waals surface area contributed by atoms with Crippen LogP contribution in [0.2, 0.25) is 10.0 Å². The number of benzene rings is 2. The highest BCUT2D eigenvalue weighted by molar-refractivity contribution is 6.42. The minimum absolute atomic E-state index is 0.0634. The third kappa shape index (κ3) is 4.59. The first-order valence-electron chi connectivity index (χ1n) is 8.01. The summed E-state index contributed by atoms with van der Waals surface area (Å²) in [5.41, 5.74) is 2.31. The third-order valence-electron chi connectivity index (χ3n) is 3.76. The van der Waals surface area contributed by atoms with Gasteiger partial charge in [0.25, 0.3) is 5.91 Å². The smallest absolute Gasteiger partial charge is 0.266 e. The second-order valence-electron chi connectivity index (χ2n) is 5.82. The Balaban J connectivity index is 1.82. The molecule has 1 amide bonds. The number of carbonyl (C=O) groups is 1. The Kier molecular flexibility index (Phi) is 5.66. The van der Waals surface area contributed by atoms with Crippen LogP contribution in [-0.4, -0.2) is 5.91 Å². The Morgan fingerprint density at radius 1 is 1.11 bits per heavy atom. The molecule has 0 spiro atoms. The Bertz CT molecular complexity index is 1080. The topological polar surface area (TPSA) is 66.0 Å². The molecule has 0 aliphatic carbocycles. The molecule has 0 aliphatic rings. The average Bonchev–Trinajstić information content (AvgIpc) is 3.10. The number of nitriles is 1. The van der Waals surface area contributed by atoms with E-state index in [0.29, 0.717) is 27.3 Å². The van der Waals surface area contributed by atoms with Crippen molar-refractivity contribution in [1.29, 1.82) is 5.26 Å². The number of amides is 1. The molecule has 0 saturated carbocycles. The lowest BCUT2D eigenvalue weighted by Crippen LogP contribution is -2.13. The average molecular weight is 397 g/mol. The van der Waals surface area contributed by atoms with Crippen LogP contribution in [0.3, 0.4) is 0 Å². The lowest BCUT2D eigenvalue weighted by molar-refractivity contribution is -0.112. The van der Waals surface area contributed by atoms with E-state index in [4.69, 9.17) is 27.6 Å². The van der Waals surface area contributed by atoms with E-state index in [1.165, 1.54) is 6.08 Å². The number of nitrogens with one attached hydrogen (secondary N) is 1. The van der Waals surface area contributed by atoms with Gasteiger partial charge in [-0.3, -0.25) is 4.79 Å². The zero-order chi connectivity index (χ0) is 19.4. The number of anilines is 1. The first-order chi connectivity index (χ1) is 13.0. The molecule has 0 unspecified atom stereocenters. The largest absolute Gasteiger partial charge is 0.457 e. The summed E-state index contributed by atoms with van der Waals surface area (Å²) < 4.78 is 5.71. The Morgan fingerprint density at radius 3 is 2.63 bits per heavy atom. The summed E-state index contributed by atoms with van der Waals surface area (Å²) in [5, 5.41) is 12.9. The van der Waals surface area contributed by atoms with Gasteiger partial charge in [-0.25, -0.2) is 0 Å². The number of halogens is 2. The number of aryl methyl sites for hydroxylation is 1. The number of carbonyl (C=O) groups excluding carboxylic acids is 1. The van der Waals surface area contributed by atoms with E-state index in [1.807, 2.05) is 31.2 Å². The summed E-state index contributed by atoms with van der Waals surface area (Å²) in [6.07, 6.45) is 1.39. The molecule has 0 saturated heterocycles. The number of nitrogens with zero attached hydrogens (tertiary/aromatic N) is 1. The van der Waals surface area contributed by atoms with Crippen LogP contribution < -0.4 is 5.32 Å². The molecule has 3 aromatic rings. The fraction of sp³-hybridized carbons (Fsp3) is 0.0476. The van der Waals surface area contributed by atoms with Gasteiger partial charge in [0.15, 0.2) is 0 Å². The van der Waals surface area contributed by atoms with Crippen molar-refractivity contribution in [2.75, 3.05) is 5.32 Å². The summed E-state index contributed by atoms with van der Waals surface area (Å²) >= 11 is 11.9. The van der Waals surface area contributed by atoms with Crippen molar-refractivity contribution in [3.8, 4) is 17.4 Å². The van der Waals surface area contributed by atoms with E-state index in [2.05, 4.69) is 5.32 Å². The van der Waals surface area contributed by atoms with Gasteiger partial charge in [-0.1, -0.05) is 35.3 Å². The molecule has 1 N–H and O–H groups in total. The molecular formula is C21H14Cl2N2O2. The van der Waals surface area contributed by atoms with Gasteiger partial charge in [0.05, 0.1) is 10.0 Å². The van der Waals surface area contributed by atoms with E-state index in [1.54, 1.807) is 36.4 Å². The second kappa shape index (κ2) is 8.13. The SMILES string of the molecule is Cc1cccc(NC(=O)/C(C#N)=C/c2ccc(-c3ccc(Cl)c(Cl)c3)o2)c1. The van der Waals surface area contributed by atoms with Crippen LogP contribution in [-0.2, 0) is 4.79 Å². The summed E-state index contributed by atoms with van der Waals surface area (Å²) in [5.74, 6) is 0.429. The quantitative estimate of drug-likeness (QED) is 0.427. The standard InChI is InChI=1S/C21H14Cl2N2O2/c1-13-3-2-4-16(9-13)25-21(26)15(12-24)10-17-6-8-20(27-17)14-5-7-18(22)19(23)11-14/h2-11H,1H3,(H,25,26)/b15-10+. The molecule has 4 nitrogen and oxygen atoms in total. The van der Waals surface area contributed by atoms with Gasteiger partial charge < -0.3 is 9.73 Å². The van der Waals surface area contributed by atoms with Crippen LogP contribution in [0.25, 0.3) is 17.4 Å². The molecule has 1 heterocycles. The summed E-state index contributed by atoms with van der Waals surface area (Å²) in [6, 6.07) is 17.8. The molecule has 0 bridgehead atoms. The lowest BCUT2D eigenvalue weighted by atomic mass is 10.2. The normalized spacial score (nSPS) is 11.1. The maximum atomic E-state index is 12.3. The predicted octanol–water partition coefficient (Wildman–Crippen LogP) is 6.11. The number of furan rings is 1. The van der Waals surface area contributed by atoms with E-state index >= 15 is 0 Å². The number of rotatable bonds is 4. The fourth-order valence-electron chi connectivity index (χ4n) is 2.45. The van der Waals surface area contributed by atoms with E-state index in [-0.39, 0.29) is 5.57 Å². The van der Waals surface area contributed by atoms with Gasteiger partial charge in [-0.15, -0.1) is 0 Å². The molecule has 0 aliphatic heterocycles. The minimum Gasteiger partial charge on any atom is -0.457 e. The van der Waals surface area contributed by atoms with E-state index in [0.717, 1.165) is 11.1 Å². The summed E-state index contributed by atoms with van der Waals surface area (Å²) in [4.78, 5) is 12.3. The molecule has 3 rings (SSSR count). The first-order valence-corrected chi connectivity index (χ1v) is 8.77. The van der Waals surface area contributed by atoms with Crippen LogP contribution in [0.1, 0.15) is 11.3 Å². The Hall–Kier alpha value is -3.00. The van der Waals surface area contributed by atoms with Crippen molar-refractivity contribution in [3.63, 3.8) is 0 Å². The molecule has 6 heteroatoms. The fourth-order valence-corrected chi connectivity index (χ4v) is 2.75. The number of hydrogen-bond acceptors (Lipinski definition) is 3. The van der Waals surface area contributed by atoms with Gasteiger partial charge in [0.2, 0.25) is 0 Å². The van der Waals surface area contributed by atoms with E-state index in [9.17, 15) is 10.1 Å². The maximum absolute atomic E-state index is 12.3. The van der Waals surface area contributed by atoms with Gasteiger partial charge >= 0.3 is 0 Å². The second-order valence-corrected chi connectivity index (χ2v) is 6.64. The van der Waals surface area contributed by atoms with Crippen LogP contribution in [0.5, 0.6) is 0 Å². The van der Waals surface area contributed by atoms with E-state index < -0.39 is 5.91 Å². The minimum atomic E-state index is -0.504. The summed E-state index contributed by atoms with van der Waals surface area (Å²) in [6.45, 7) is 1.92. The third-order valence-corrected chi connectivity index (χ3v) is 4.50. The molecule has 0 radical (unpaired) electrons. The van der Waals surface area contributed by atoms with Crippen LogP contribution in [0.4, 0.5) is 5.69 Å². The molecule has 1 aromatic heterocycles. The Morgan fingerprint density at radius 2 is 1.93 bits per heavy atom. The zero-order valence-corrected chi connectivity index (χ0v) is 15.8. The van der Waals surface area contributed by atoms with Crippen LogP contribution >= 0.6 is 23.2 Å². The van der Waals surface area contributed by atoms with Crippen molar-refractivity contribution in [2.24, 2.45) is 0 Å². The van der Waals surface area contributed by atoms with Gasteiger partial charge in [-0.05, 0) is 55.0 Å².